The third-order valence-corrected chi connectivity index (χ3v) is 5.17. The number of hydrogen-bond acceptors (Lipinski definition) is 2. The summed E-state index contributed by atoms with van der Waals surface area (Å²) in [5, 5.41) is 9.55. The molecule has 0 aromatic carbocycles. The molecule has 2 aliphatic rings. The number of aliphatic hydroxyl groups excluding tert-OH is 1. The number of likely N-dealkylation sites (tertiary alicyclic amines) is 1. The highest BCUT2D eigenvalue weighted by Crippen LogP contribution is 2.39. The van der Waals surface area contributed by atoms with Crippen LogP contribution in [0.5, 0.6) is 0 Å². The standard InChI is InChI=1S/C17H29NO2/c1-12(2)16-9-14(13(3)8-15(16)11-19)10-17(20)18-6-4-5-7-18/h8,12,14-16,19H,4-7,9-11H2,1-3H3/t14-,15-,16-/m0/s1. The highest BCUT2D eigenvalue weighted by atomic mass is 16.3. The minimum absolute atomic E-state index is 0.229. The van der Waals surface area contributed by atoms with Crippen LogP contribution in [0.2, 0.25) is 0 Å². The average Bonchev–Trinajstić information content (AvgIpc) is 2.94. The van der Waals surface area contributed by atoms with Gasteiger partial charge in [0.25, 0.3) is 0 Å². The number of amides is 1. The maximum Gasteiger partial charge on any atom is 0.223 e. The first-order chi connectivity index (χ1) is 9.52. The van der Waals surface area contributed by atoms with Crippen LogP contribution >= 0.6 is 0 Å². The monoisotopic (exact) mass is 279 g/mol. The van der Waals surface area contributed by atoms with Gasteiger partial charge < -0.3 is 10.0 Å². The molecule has 0 radical (unpaired) electrons. The molecule has 0 aromatic heterocycles. The van der Waals surface area contributed by atoms with E-state index in [0.717, 1.165) is 32.4 Å². The summed E-state index contributed by atoms with van der Waals surface area (Å²) < 4.78 is 0. The topological polar surface area (TPSA) is 40.5 Å². The molecule has 0 unspecified atom stereocenters. The van der Waals surface area contributed by atoms with Crippen molar-refractivity contribution in [3.8, 4) is 0 Å². The van der Waals surface area contributed by atoms with E-state index in [1.54, 1.807) is 0 Å². The highest BCUT2D eigenvalue weighted by molar-refractivity contribution is 5.77. The Labute approximate surface area is 123 Å². The van der Waals surface area contributed by atoms with E-state index in [9.17, 15) is 9.90 Å². The van der Waals surface area contributed by atoms with Crippen molar-refractivity contribution >= 4 is 5.91 Å². The lowest BCUT2D eigenvalue weighted by atomic mass is 9.70. The number of carbonyl (C=O) groups is 1. The summed E-state index contributed by atoms with van der Waals surface area (Å²) in [6, 6.07) is 0. The van der Waals surface area contributed by atoms with Crippen molar-refractivity contribution in [2.45, 2.75) is 46.5 Å². The number of rotatable bonds is 4. The normalized spacial score (nSPS) is 30.8. The van der Waals surface area contributed by atoms with E-state index in [1.165, 1.54) is 5.57 Å². The molecule has 114 valence electrons. The van der Waals surface area contributed by atoms with Gasteiger partial charge in [0.15, 0.2) is 0 Å². The molecule has 0 bridgehead atoms. The number of aliphatic hydroxyl groups is 1. The van der Waals surface area contributed by atoms with Crippen LogP contribution in [0, 0.1) is 23.7 Å². The van der Waals surface area contributed by atoms with Gasteiger partial charge in [-0.05, 0) is 43.9 Å². The summed E-state index contributed by atoms with van der Waals surface area (Å²) in [5.41, 5.74) is 1.30. The summed E-state index contributed by atoms with van der Waals surface area (Å²) in [7, 11) is 0. The molecule has 0 aromatic rings. The average molecular weight is 279 g/mol. The first kappa shape index (κ1) is 15.6. The Morgan fingerprint density at radius 2 is 2.05 bits per heavy atom. The minimum atomic E-state index is 0.229. The van der Waals surface area contributed by atoms with E-state index in [0.29, 0.717) is 30.1 Å². The van der Waals surface area contributed by atoms with Gasteiger partial charge >= 0.3 is 0 Å². The Bertz CT molecular complexity index is 369. The second kappa shape index (κ2) is 6.75. The molecule has 0 saturated carbocycles. The van der Waals surface area contributed by atoms with Gasteiger partial charge in [0.1, 0.15) is 0 Å². The van der Waals surface area contributed by atoms with Gasteiger partial charge in [-0.3, -0.25) is 4.79 Å². The lowest BCUT2D eigenvalue weighted by Crippen LogP contribution is -2.34. The Balaban J connectivity index is 2.02. The molecule has 1 fully saturated rings. The lowest BCUT2D eigenvalue weighted by molar-refractivity contribution is -0.131. The van der Waals surface area contributed by atoms with Crippen molar-refractivity contribution in [2.75, 3.05) is 19.7 Å². The van der Waals surface area contributed by atoms with E-state index < -0.39 is 0 Å². The Morgan fingerprint density at radius 1 is 1.40 bits per heavy atom. The van der Waals surface area contributed by atoms with Crippen molar-refractivity contribution in [1.82, 2.24) is 4.90 Å². The van der Waals surface area contributed by atoms with Crippen molar-refractivity contribution in [1.29, 1.82) is 0 Å². The van der Waals surface area contributed by atoms with Crippen molar-refractivity contribution in [3.05, 3.63) is 11.6 Å². The molecule has 1 N–H and O–H groups in total. The Kier molecular flexibility index (Phi) is 5.25. The minimum Gasteiger partial charge on any atom is -0.396 e. The van der Waals surface area contributed by atoms with Gasteiger partial charge in [0.05, 0.1) is 0 Å². The quantitative estimate of drug-likeness (QED) is 0.804. The van der Waals surface area contributed by atoms with E-state index in [1.807, 2.05) is 4.90 Å². The fourth-order valence-corrected chi connectivity index (χ4v) is 3.79. The van der Waals surface area contributed by atoms with Crippen LogP contribution < -0.4 is 0 Å². The first-order valence-corrected chi connectivity index (χ1v) is 8.10. The number of allylic oxidation sites excluding steroid dienone is 1. The van der Waals surface area contributed by atoms with Gasteiger partial charge in [-0.2, -0.15) is 0 Å². The van der Waals surface area contributed by atoms with Crippen LogP contribution in [0.15, 0.2) is 11.6 Å². The lowest BCUT2D eigenvalue weighted by Gasteiger charge is -2.36. The van der Waals surface area contributed by atoms with Crippen molar-refractivity contribution < 1.29 is 9.90 Å². The summed E-state index contributed by atoms with van der Waals surface area (Å²) in [6.07, 6.45) is 6.24. The molecular weight excluding hydrogens is 250 g/mol. The molecule has 2 rings (SSSR count). The fourth-order valence-electron chi connectivity index (χ4n) is 3.79. The van der Waals surface area contributed by atoms with Crippen LogP contribution in [0.4, 0.5) is 0 Å². The molecule has 3 heteroatoms. The number of hydrogen-bond donors (Lipinski definition) is 1. The third-order valence-electron chi connectivity index (χ3n) is 5.17. The summed E-state index contributed by atoms with van der Waals surface area (Å²) in [6.45, 7) is 8.69. The molecule has 1 amide bonds. The van der Waals surface area contributed by atoms with Crippen LogP contribution in [0.25, 0.3) is 0 Å². The van der Waals surface area contributed by atoms with E-state index in [4.69, 9.17) is 0 Å². The van der Waals surface area contributed by atoms with Gasteiger partial charge in [-0.1, -0.05) is 25.5 Å². The molecule has 3 nitrogen and oxygen atoms in total. The van der Waals surface area contributed by atoms with Crippen LogP contribution in [-0.2, 0) is 4.79 Å². The molecule has 20 heavy (non-hydrogen) atoms. The van der Waals surface area contributed by atoms with Crippen LogP contribution in [0.3, 0.4) is 0 Å². The Morgan fingerprint density at radius 3 is 2.60 bits per heavy atom. The highest BCUT2D eigenvalue weighted by Gasteiger charge is 2.33. The summed E-state index contributed by atoms with van der Waals surface area (Å²) >= 11 is 0. The van der Waals surface area contributed by atoms with E-state index in [2.05, 4.69) is 26.8 Å². The zero-order chi connectivity index (χ0) is 14.7. The second-order valence-electron chi connectivity index (χ2n) is 6.89. The molecule has 0 spiro atoms. The van der Waals surface area contributed by atoms with Gasteiger partial charge in [0.2, 0.25) is 5.91 Å². The molecular formula is C17H29NO2. The molecule has 3 atom stereocenters. The van der Waals surface area contributed by atoms with Crippen molar-refractivity contribution in [3.63, 3.8) is 0 Å². The molecule has 1 saturated heterocycles. The predicted molar refractivity (Wildman–Crippen MR) is 81.2 cm³/mol. The number of nitrogens with zero attached hydrogens (tertiary/aromatic N) is 1. The summed E-state index contributed by atoms with van der Waals surface area (Å²) in [4.78, 5) is 14.4. The molecule has 1 aliphatic heterocycles. The van der Waals surface area contributed by atoms with Crippen LogP contribution in [-0.4, -0.2) is 35.6 Å². The smallest absolute Gasteiger partial charge is 0.223 e. The maximum absolute atomic E-state index is 12.3. The summed E-state index contributed by atoms with van der Waals surface area (Å²) in [5.74, 6) is 2.03. The zero-order valence-electron chi connectivity index (χ0n) is 13.1. The van der Waals surface area contributed by atoms with E-state index >= 15 is 0 Å². The van der Waals surface area contributed by atoms with Gasteiger partial charge in [-0.25, -0.2) is 0 Å². The Hall–Kier alpha value is -0.830. The predicted octanol–water partition coefficient (Wildman–Crippen LogP) is 2.85. The fraction of sp³-hybridized carbons (Fsp3) is 0.824. The van der Waals surface area contributed by atoms with E-state index in [-0.39, 0.29) is 12.5 Å². The van der Waals surface area contributed by atoms with Gasteiger partial charge in [0, 0.05) is 32.0 Å². The maximum atomic E-state index is 12.3. The zero-order valence-corrected chi connectivity index (χ0v) is 13.1. The first-order valence-electron chi connectivity index (χ1n) is 8.10. The number of carbonyl (C=O) groups excluding carboxylic acids is 1. The third kappa shape index (κ3) is 3.43. The SMILES string of the molecule is CC1=C[C@@H](CO)[C@H](C(C)C)C[C@H]1CC(=O)N1CCCC1. The largest absolute Gasteiger partial charge is 0.396 e. The van der Waals surface area contributed by atoms with Gasteiger partial charge in [-0.15, -0.1) is 0 Å². The molecule has 1 aliphatic carbocycles. The van der Waals surface area contributed by atoms with Crippen molar-refractivity contribution in [2.24, 2.45) is 23.7 Å². The second-order valence-corrected chi connectivity index (χ2v) is 6.89. The van der Waals surface area contributed by atoms with Crippen LogP contribution in [0.1, 0.15) is 46.5 Å². The molecule has 1 heterocycles.